The van der Waals surface area contributed by atoms with Gasteiger partial charge in [0.2, 0.25) is 0 Å². The van der Waals surface area contributed by atoms with Crippen molar-refractivity contribution in [1.82, 2.24) is 15.5 Å². The van der Waals surface area contributed by atoms with E-state index in [2.05, 4.69) is 36.0 Å². The van der Waals surface area contributed by atoms with Crippen LogP contribution in [0.1, 0.15) is 32.3 Å². The summed E-state index contributed by atoms with van der Waals surface area (Å²) in [7, 11) is 1.56. The molecule has 1 aromatic carbocycles. The number of hydrogen-bond donors (Lipinski definition) is 3. The predicted molar refractivity (Wildman–Crippen MR) is 127 cm³/mol. The van der Waals surface area contributed by atoms with Crippen LogP contribution in [0.2, 0.25) is 0 Å². The van der Waals surface area contributed by atoms with Gasteiger partial charge in [0.25, 0.3) is 0 Å². The maximum Gasteiger partial charge on any atom is 0.191 e. The molecule has 1 aliphatic rings. The molecule has 0 spiro atoms. The van der Waals surface area contributed by atoms with Gasteiger partial charge in [-0.1, -0.05) is 18.2 Å². The SMILES string of the molecule is C=C(C)CN1CCC(NC(=NCCc2ccc(O)c(OC)c2)NCC)CC1.I. The number of aliphatic imine (C=N–C) groups is 1. The Morgan fingerprint density at radius 2 is 2.07 bits per heavy atom. The van der Waals surface area contributed by atoms with Crippen LogP contribution in [-0.2, 0) is 6.42 Å². The minimum absolute atomic E-state index is 0. The molecule has 1 heterocycles. The lowest BCUT2D eigenvalue weighted by Gasteiger charge is -2.33. The first-order valence-electron chi connectivity index (χ1n) is 9.79. The Balaban J connectivity index is 0.00000392. The van der Waals surface area contributed by atoms with Gasteiger partial charge in [0.05, 0.1) is 7.11 Å². The Morgan fingerprint density at radius 1 is 1.36 bits per heavy atom. The van der Waals surface area contributed by atoms with Crippen LogP contribution in [0, 0.1) is 0 Å². The molecular formula is C21H35IN4O2. The number of ether oxygens (including phenoxy) is 1. The van der Waals surface area contributed by atoms with E-state index in [0.717, 1.165) is 57.0 Å². The molecule has 0 aliphatic carbocycles. The van der Waals surface area contributed by atoms with E-state index in [9.17, 15) is 5.11 Å². The largest absolute Gasteiger partial charge is 0.504 e. The second kappa shape index (κ2) is 12.9. The molecule has 1 aromatic rings. The van der Waals surface area contributed by atoms with E-state index in [1.807, 2.05) is 12.1 Å². The van der Waals surface area contributed by atoms with E-state index >= 15 is 0 Å². The number of halogens is 1. The summed E-state index contributed by atoms with van der Waals surface area (Å²) >= 11 is 0. The molecule has 3 N–H and O–H groups in total. The molecule has 0 unspecified atom stereocenters. The zero-order chi connectivity index (χ0) is 19.6. The number of aromatic hydroxyl groups is 1. The standard InChI is InChI=1S/C21H34N4O2.HI/c1-5-22-21(24-18-9-12-25(13-10-18)15-16(2)3)23-11-8-17-6-7-19(26)20(14-17)27-4;/h6-7,14,18,26H,2,5,8-13,15H2,1,3-4H3,(H2,22,23,24);1H. The van der Waals surface area contributed by atoms with Crippen molar-refractivity contribution in [3.05, 3.63) is 35.9 Å². The Bertz CT molecular complexity index is 643. The van der Waals surface area contributed by atoms with Gasteiger partial charge in [-0.3, -0.25) is 9.89 Å². The number of piperidine rings is 1. The molecule has 28 heavy (non-hydrogen) atoms. The van der Waals surface area contributed by atoms with Gasteiger partial charge in [0.1, 0.15) is 0 Å². The van der Waals surface area contributed by atoms with Gasteiger partial charge in [-0.05, 0) is 50.8 Å². The van der Waals surface area contributed by atoms with Crippen LogP contribution in [0.15, 0.2) is 35.3 Å². The number of guanidine groups is 1. The first-order valence-corrected chi connectivity index (χ1v) is 9.79. The van der Waals surface area contributed by atoms with Gasteiger partial charge in [-0.25, -0.2) is 0 Å². The van der Waals surface area contributed by atoms with Crippen molar-refractivity contribution in [3.63, 3.8) is 0 Å². The van der Waals surface area contributed by atoms with Crippen LogP contribution in [0.5, 0.6) is 11.5 Å². The van der Waals surface area contributed by atoms with Crippen molar-refractivity contribution in [2.45, 2.75) is 39.2 Å². The summed E-state index contributed by atoms with van der Waals surface area (Å²) < 4.78 is 5.16. The van der Waals surface area contributed by atoms with Gasteiger partial charge in [0, 0.05) is 38.8 Å². The highest BCUT2D eigenvalue weighted by atomic mass is 127. The third-order valence-electron chi connectivity index (χ3n) is 4.68. The number of rotatable bonds is 8. The van der Waals surface area contributed by atoms with E-state index in [0.29, 0.717) is 18.3 Å². The van der Waals surface area contributed by atoms with Crippen LogP contribution in [0.4, 0.5) is 0 Å². The van der Waals surface area contributed by atoms with Gasteiger partial charge >= 0.3 is 0 Å². The maximum absolute atomic E-state index is 9.69. The molecular weight excluding hydrogens is 467 g/mol. The number of benzene rings is 1. The van der Waals surface area contributed by atoms with Gasteiger partial charge in [-0.15, -0.1) is 24.0 Å². The molecule has 0 aromatic heterocycles. The van der Waals surface area contributed by atoms with Crippen LogP contribution in [0.25, 0.3) is 0 Å². The summed E-state index contributed by atoms with van der Waals surface area (Å²) in [5, 5.41) is 16.6. The second-order valence-electron chi connectivity index (χ2n) is 7.17. The molecule has 0 amide bonds. The van der Waals surface area contributed by atoms with Gasteiger partial charge < -0.3 is 20.5 Å². The number of nitrogens with zero attached hydrogens (tertiary/aromatic N) is 2. The maximum atomic E-state index is 9.69. The number of hydrogen-bond acceptors (Lipinski definition) is 4. The fourth-order valence-electron chi connectivity index (χ4n) is 3.30. The minimum atomic E-state index is 0. The Kier molecular flexibility index (Phi) is 11.3. The zero-order valence-corrected chi connectivity index (χ0v) is 19.7. The van der Waals surface area contributed by atoms with Crippen molar-refractivity contribution in [3.8, 4) is 11.5 Å². The third-order valence-corrected chi connectivity index (χ3v) is 4.68. The lowest BCUT2D eigenvalue weighted by Crippen LogP contribution is -2.48. The van der Waals surface area contributed by atoms with E-state index in [4.69, 9.17) is 9.73 Å². The molecule has 0 bridgehead atoms. The van der Waals surface area contributed by atoms with Crippen molar-refractivity contribution in [1.29, 1.82) is 0 Å². The average Bonchev–Trinajstić information content (AvgIpc) is 2.64. The molecule has 0 atom stereocenters. The van der Waals surface area contributed by atoms with Crippen LogP contribution in [0.3, 0.4) is 0 Å². The van der Waals surface area contributed by atoms with Gasteiger partial charge in [-0.2, -0.15) is 0 Å². The first kappa shape index (κ1) is 24.6. The van der Waals surface area contributed by atoms with Crippen molar-refractivity contribution in [2.24, 2.45) is 4.99 Å². The van der Waals surface area contributed by atoms with Crippen molar-refractivity contribution in [2.75, 3.05) is 39.8 Å². The summed E-state index contributed by atoms with van der Waals surface area (Å²) in [4.78, 5) is 7.17. The zero-order valence-electron chi connectivity index (χ0n) is 17.3. The number of phenolic OH excluding ortho intramolecular Hbond substituents is 1. The molecule has 1 saturated heterocycles. The predicted octanol–water partition coefficient (Wildman–Crippen LogP) is 3.16. The Labute approximate surface area is 186 Å². The molecule has 1 fully saturated rings. The van der Waals surface area contributed by atoms with Crippen LogP contribution < -0.4 is 15.4 Å². The molecule has 0 radical (unpaired) electrons. The fraction of sp³-hybridized carbons (Fsp3) is 0.571. The summed E-state index contributed by atoms with van der Waals surface area (Å²) in [5.41, 5.74) is 2.32. The van der Waals surface area contributed by atoms with Gasteiger partial charge in [0.15, 0.2) is 17.5 Å². The lowest BCUT2D eigenvalue weighted by atomic mass is 10.0. The Morgan fingerprint density at radius 3 is 2.68 bits per heavy atom. The Hall–Kier alpha value is -1.48. The normalized spacial score (nSPS) is 15.6. The average molecular weight is 502 g/mol. The number of likely N-dealkylation sites (tertiary alicyclic amines) is 1. The topological polar surface area (TPSA) is 69.1 Å². The summed E-state index contributed by atoms with van der Waals surface area (Å²) in [5.74, 6) is 1.54. The molecule has 158 valence electrons. The fourth-order valence-corrected chi connectivity index (χ4v) is 3.30. The molecule has 2 rings (SSSR count). The second-order valence-corrected chi connectivity index (χ2v) is 7.17. The quantitative estimate of drug-likeness (QED) is 0.221. The van der Waals surface area contributed by atoms with Crippen LogP contribution in [-0.4, -0.2) is 61.8 Å². The highest BCUT2D eigenvalue weighted by Crippen LogP contribution is 2.26. The highest BCUT2D eigenvalue weighted by Gasteiger charge is 2.19. The molecule has 0 saturated carbocycles. The summed E-state index contributed by atoms with van der Waals surface area (Å²) in [6, 6.07) is 5.89. The minimum Gasteiger partial charge on any atom is -0.504 e. The lowest BCUT2D eigenvalue weighted by molar-refractivity contribution is 0.221. The summed E-state index contributed by atoms with van der Waals surface area (Å²) in [6.45, 7) is 12.9. The number of nitrogens with one attached hydrogen (secondary N) is 2. The third kappa shape index (κ3) is 8.26. The van der Waals surface area contributed by atoms with Crippen LogP contribution >= 0.6 is 24.0 Å². The first-order chi connectivity index (χ1) is 13.0. The number of phenols is 1. The molecule has 6 nitrogen and oxygen atoms in total. The van der Waals surface area contributed by atoms with Crippen molar-refractivity contribution < 1.29 is 9.84 Å². The van der Waals surface area contributed by atoms with E-state index in [-0.39, 0.29) is 29.7 Å². The molecule has 1 aliphatic heterocycles. The highest BCUT2D eigenvalue weighted by molar-refractivity contribution is 14.0. The molecule has 7 heteroatoms. The summed E-state index contributed by atoms with van der Waals surface area (Å²) in [6.07, 6.45) is 3.03. The van der Waals surface area contributed by atoms with E-state index < -0.39 is 0 Å². The smallest absolute Gasteiger partial charge is 0.191 e. The van der Waals surface area contributed by atoms with Crippen molar-refractivity contribution >= 4 is 29.9 Å². The van der Waals surface area contributed by atoms with E-state index in [1.54, 1.807) is 13.2 Å². The van der Waals surface area contributed by atoms with E-state index in [1.165, 1.54) is 5.57 Å². The number of methoxy groups -OCH3 is 1. The monoisotopic (exact) mass is 502 g/mol.